The molecule has 0 radical (unpaired) electrons. The van der Waals surface area contributed by atoms with Gasteiger partial charge >= 0.3 is 6.03 Å². The molecule has 1 aliphatic carbocycles. The number of amides is 2. The third-order valence-electron chi connectivity index (χ3n) is 3.13. The molecule has 0 saturated heterocycles. The number of carbonyl (C=O) groups excluding carboxylic acids is 1. The van der Waals surface area contributed by atoms with Crippen molar-refractivity contribution >= 4 is 11.9 Å². The van der Waals surface area contributed by atoms with Gasteiger partial charge in [-0.2, -0.15) is 4.99 Å². The predicted octanol–water partition coefficient (Wildman–Crippen LogP) is 1.43. The monoisotopic (exact) mass is 207 g/mol. The van der Waals surface area contributed by atoms with E-state index in [0.717, 1.165) is 12.8 Å². The zero-order valence-electron chi connectivity index (χ0n) is 9.16. The van der Waals surface area contributed by atoms with Gasteiger partial charge in [0.05, 0.1) is 6.04 Å². The van der Waals surface area contributed by atoms with Crippen LogP contribution in [0.25, 0.3) is 0 Å². The van der Waals surface area contributed by atoms with E-state index >= 15 is 0 Å². The number of carbonyl (C=O) groups is 1. The molecule has 3 N–H and O–H groups in total. The summed E-state index contributed by atoms with van der Waals surface area (Å²) in [6.07, 6.45) is 4.37. The van der Waals surface area contributed by atoms with Crippen LogP contribution in [0.15, 0.2) is 16.6 Å². The summed E-state index contributed by atoms with van der Waals surface area (Å²) in [5, 5.41) is 2.82. The second-order valence-electron chi connectivity index (χ2n) is 4.65. The largest absolute Gasteiger partial charge is 0.385 e. The molecule has 0 fully saturated rings. The topological polar surface area (TPSA) is 67.5 Å². The maximum atomic E-state index is 11.1. The van der Waals surface area contributed by atoms with Crippen molar-refractivity contribution in [2.24, 2.45) is 22.6 Å². The van der Waals surface area contributed by atoms with Gasteiger partial charge in [-0.05, 0) is 31.6 Å². The zero-order valence-corrected chi connectivity index (χ0v) is 9.16. The standard InChI is InChI=1S/C11H17N3O/c1-6-3-7(2)5-8(4-6)9-10(12)14-11(15)13-9/h3,6,8-9H,4-5H2,1-2H3,(H3,12,13,14,15). The molecule has 4 nitrogen and oxygen atoms in total. The molecule has 0 saturated carbocycles. The van der Waals surface area contributed by atoms with Gasteiger partial charge in [-0.1, -0.05) is 18.6 Å². The fourth-order valence-electron chi connectivity index (χ4n) is 2.64. The van der Waals surface area contributed by atoms with E-state index in [0.29, 0.717) is 17.7 Å². The lowest BCUT2D eigenvalue weighted by Gasteiger charge is -2.29. The second-order valence-corrected chi connectivity index (χ2v) is 4.65. The first-order valence-electron chi connectivity index (χ1n) is 5.38. The maximum absolute atomic E-state index is 11.1. The maximum Gasteiger partial charge on any atom is 0.343 e. The number of hydrogen-bond acceptors (Lipinski definition) is 2. The number of urea groups is 1. The minimum absolute atomic E-state index is 0.0522. The first-order valence-corrected chi connectivity index (χ1v) is 5.38. The summed E-state index contributed by atoms with van der Waals surface area (Å²) < 4.78 is 0. The number of nitrogens with zero attached hydrogens (tertiary/aromatic N) is 1. The van der Waals surface area contributed by atoms with Gasteiger partial charge in [0, 0.05) is 0 Å². The first kappa shape index (κ1) is 10.2. The van der Waals surface area contributed by atoms with Crippen molar-refractivity contribution in [3.05, 3.63) is 11.6 Å². The predicted molar refractivity (Wildman–Crippen MR) is 59.6 cm³/mol. The first-order chi connectivity index (χ1) is 7.06. The number of aliphatic imine (C=N–C) groups is 1. The van der Waals surface area contributed by atoms with E-state index in [2.05, 4.69) is 30.2 Å². The number of amidine groups is 1. The van der Waals surface area contributed by atoms with Crippen LogP contribution in [-0.4, -0.2) is 17.9 Å². The van der Waals surface area contributed by atoms with Crippen LogP contribution in [0.4, 0.5) is 4.79 Å². The Kier molecular flexibility index (Phi) is 2.50. The van der Waals surface area contributed by atoms with Gasteiger partial charge in [-0.25, -0.2) is 4.79 Å². The number of nitrogens with one attached hydrogen (secondary N) is 1. The van der Waals surface area contributed by atoms with Gasteiger partial charge in [0.25, 0.3) is 0 Å². The molecule has 0 bridgehead atoms. The molecule has 0 aromatic rings. The molecule has 3 atom stereocenters. The summed E-state index contributed by atoms with van der Waals surface area (Å²) in [6.45, 7) is 4.33. The quantitative estimate of drug-likeness (QED) is 0.639. The van der Waals surface area contributed by atoms with Crippen LogP contribution in [0.2, 0.25) is 0 Å². The highest BCUT2D eigenvalue weighted by Crippen LogP contribution is 2.31. The van der Waals surface area contributed by atoms with Crippen LogP contribution in [0, 0.1) is 11.8 Å². The Morgan fingerprint density at radius 1 is 1.60 bits per heavy atom. The van der Waals surface area contributed by atoms with Gasteiger partial charge in [-0.3, -0.25) is 0 Å². The van der Waals surface area contributed by atoms with E-state index in [1.54, 1.807) is 0 Å². The Hall–Kier alpha value is -1.32. The minimum Gasteiger partial charge on any atom is -0.385 e. The fraction of sp³-hybridized carbons (Fsp3) is 0.636. The average Bonchev–Trinajstić information content (AvgIpc) is 2.43. The van der Waals surface area contributed by atoms with Crippen LogP contribution in [0.1, 0.15) is 26.7 Å². The summed E-state index contributed by atoms with van der Waals surface area (Å²) in [5.41, 5.74) is 7.12. The van der Waals surface area contributed by atoms with Crippen LogP contribution < -0.4 is 11.1 Å². The third-order valence-corrected chi connectivity index (χ3v) is 3.13. The Morgan fingerprint density at radius 2 is 2.33 bits per heavy atom. The Morgan fingerprint density at radius 3 is 2.87 bits per heavy atom. The van der Waals surface area contributed by atoms with Gasteiger partial charge < -0.3 is 11.1 Å². The Balaban J connectivity index is 2.10. The molecule has 82 valence electrons. The van der Waals surface area contributed by atoms with E-state index in [1.165, 1.54) is 5.57 Å². The van der Waals surface area contributed by atoms with Gasteiger partial charge in [0.1, 0.15) is 5.84 Å². The summed E-state index contributed by atoms with van der Waals surface area (Å²) in [7, 11) is 0. The van der Waals surface area contributed by atoms with Gasteiger partial charge in [-0.15, -0.1) is 0 Å². The fourth-order valence-corrected chi connectivity index (χ4v) is 2.64. The minimum atomic E-state index is -0.294. The van der Waals surface area contributed by atoms with Crippen molar-refractivity contribution in [1.82, 2.24) is 5.32 Å². The number of hydrogen-bond donors (Lipinski definition) is 2. The van der Waals surface area contributed by atoms with Crippen LogP contribution >= 0.6 is 0 Å². The second kappa shape index (κ2) is 3.68. The molecular weight excluding hydrogens is 190 g/mol. The van der Waals surface area contributed by atoms with Crippen molar-refractivity contribution in [2.45, 2.75) is 32.7 Å². The molecular formula is C11H17N3O. The summed E-state index contributed by atoms with van der Waals surface area (Å²) >= 11 is 0. The van der Waals surface area contributed by atoms with E-state index in [1.807, 2.05) is 0 Å². The summed E-state index contributed by atoms with van der Waals surface area (Å²) in [4.78, 5) is 14.8. The zero-order chi connectivity index (χ0) is 11.0. The Bertz CT molecular complexity index is 346. The Labute approximate surface area is 89.6 Å². The number of allylic oxidation sites excluding steroid dienone is 2. The van der Waals surface area contributed by atoms with Crippen LogP contribution in [-0.2, 0) is 0 Å². The molecule has 1 aliphatic heterocycles. The van der Waals surface area contributed by atoms with Crippen LogP contribution in [0.5, 0.6) is 0 Å². The molecule has 2 amide bonds. The van der Waals surface area contributed by atoms with E-state index in [-0.39, 0.29) is 12.1 Å². The lowest BCUT2D eigenvalue weighted by molar-refractivity contribution is 0.246. The molecule has 0 aromatic heterocycles. The normalized spacial score (nSPS) is 35.9. The molecule has 2 rings (SSSR count). The van der Waals surface area contributed by atoms with E-state index in [9.17, 15) is 4.79 Å². The molecule has 15 heavy (non-hydrogen) atoms. The molecule has 3 unspecified atom stereocenters. The molecule has 4 heteroatoms. The number of nitrogens with two attached hydrogens (primary N) is 1. The third kappa shape index (κ3) is 2.03. The number of rotatable bonds is 1. The highest BCUT2D eigenvalue weighted by atomic mass is 16.2. The van der Waals surface area contributed by atoms with Crippen molar-refractivity contribution in [1.29, 1.82) is 0 Å². The van der Waals surface area contributed by atoms with Crippen LogP contribution in [0.3, 0.4) is 0 Å². The van der Waals surface area contributed by atoms with E-state index < -0.39 is 0 Å². The average molecular weight is 207 g/mol. The van der Waals surface area contributed by atoms with Crippen molar-refractivity contribution in [2.75, 3.05) is 0 Å². The molecule has 0 spiro atoms. The van der Waals surface area contributed by atoms with Crippen molar-refractivity contribution in [3.8, 4) is 0 Å². The lowest BCUT2D eigenvalue weighted by atomic mass is 9.79. The highest BCUT2D eigenvalue weighted by molar-refractivity contribution is 6.02. The molecule has 1 heterocycles. The summed E-state index contributed by atoms with van der Waals surface area (Å²) in [6, 6.07) is -0.346. The SMILES string of the molecule is CC1=CC(C)CC(C2NC(=O)N=C2N)C1. The van der Waals surface area contributed by atoms with Crippen molar-refractivity contribution < 1.29 is 4.79 Å². The summed E-state index contributed by atoms with van der Waals surface area (Å²) in [5.74, 6) is 1.42. The van der Waals surface area contributed by atoms with E-state index in [4.69, 9.17) is 5.73 Å². The highest BCUT2D eigenvalue weighted by Gasteiger charge is 2.33. The smallest absolute Gasteiger partial charge is 0.343 e. The molecule has 0 aromatic carbocycles. The molecule has 2 aliphatic rings. The van der Waals surface area contributed by atoms with Crippen molar-refractivity contribution in [3.63, 3.8) is 0 Å². The van der Waals surface area contributed by atoms with Gasteiger partial charge in [0.2, 0.25) is 0 Å². The lowest BCUT2D eigenvalue weighted by Crippen LogP contribution is -2.43. The van der Waals surface area contributed by atoms with Gasteiger partial charge in [0.15, 0.2) is 0 Å².